The van der Waals surface area contributed by atoms with Crippen molar-refractivity contribution in [2.45, 2.75) is 26.7 Å². The van der Waals surface area contributed by atoms with Gasteiger partial charge in [0.05, 0.1) is 10.8 Å². The van der Waals surface area contributed by atoms with Gasteiger partial charge in [-0.25, -0.2) is 0 Å². The van der Waals surface area contributed by atoms with E-state index in [9.17, 15) is 0 Å². The first kappa shape index (κ1) is 10.1. The average Bonchev–Trinajstić information content (AvgIpc) is 2.08. The van der Waals surface area contributed by atoms with E-state index in [1.165, 1.54) is 5.56 Å². The lowest BCUT2D eigenvalue weighted by Crippen LogP contribution is -1.89. The molecule has 0 aliphatic rings. The second kappa shape index (κ2) is 4.31. The fraction of sp³-hybridized carbons (Fsp3) is 0.364. The van der Waals surface area contributed by atoms with Gasteiger partial charge in [0.1, 0.15) is 0 Å². The second-order valence-corrected chi connectivity index (χ2v) is 3.55. The maximum absolute atomic E-state index is 4.62. The highest BCUT2D eigenvalue weighted by Crippen LogP contribution is 2.29. The normalized spacial score (nSPS) is 9.85. The first-order chi connectivity index (χ1) is 6.16. The average molecular weight is 191 g/mol. The van der Waals surface area contributed by atoms with Crippen molar-refractivity contribution in [2.24, 2.45) is 4.99 Å². The predicted octanol–water partition coefficient (Wildman–Crippen LogP) is 3.85. The van der Waals surface area contributed by atoms with E-state index in [-0.39, 0.29) is 0 Å². The first-order valence-corrected chi connectivity index (χ1v) is 4.75. The number of benzene rings is 1. The maximum Gasteiger partial charge on any atom is 0.0803 e. The van der Waals surface area contributed by atoms with Gasteiger partial charge in [0.2, 0.25) is 0 Å². The van der Waals surface area contributed by atoms with Gasteiger partial charge in [-0.1, -0.05) is 32.0 Å². The van der Waals surface area contributed by atoms with E-state index in [0.29, 0.717) is 5.92 Å². The summed E-state index contributed by atoms with van der Waals surface area (Å²) < 4.78 is 0. The Labute approximate surface area is 84.5 Å². The Hall–Kier alpha value is -0.980. The Morgan fingerprint density at radius 3 is 2.62 bits per heavy atom. The van der Waals surface area contributed by atoms with Gasteiger partial charge in [0.15, 0.2) is 0 Å². The quantitative estimate of drug-likeness (QED) is 0.511. The van der Waals surface area contributed by atoms with Crippen molar-refractivity contribution in [3.63, 3.8) is 0 Å². The molecule has 1 nitrogen and oxygen atoms in total. The minimum absolute atomic E-state index is 0.474. The zero-order chi connectivity index (χ0) is 9.84. The smallest absolute Gasteiger partial charge is 0.0803 e. The number of rotatable bonds is 2. The molecule has 1 aromatic rings. The molecule has 0 aliphatic heterocycles. The van der Waals surface area contributed by atoms with Crippen molar-refractivity contribution >= 4 is 23.1 Å². The lowest BCUT2D eigenvalue weighted by atomic mass is 9.99. The van der Waals surface area contributed by atoms with E-state index in [1.54, 1.807) is 0 Å². The summed E-state index contributed by atoms with van der Waals surface area (Å²) in [5.41, 5.74) is 3.37. The molecule has 13 heavy (non-hydrogen) atoms. The summed E-state index contributed by atoms with van der Waals surface area (Å²) in [7, 11) is 0. The number of hydrogen-bond acceptors (Lipinski definition) is 2. The molecule has 0 N–H and O–H groups in total. The molecule has 68 valence electrons. The molecule has 1 rings (SSSR count). The standard InChI is InChI=1S/C11H13NS/c1-8(2)10-6-4-5-9(3)11(10)12-7-13/h4-6,8H,1-3H3. The number of thiocarbonyl (C=S) groups is 1. The number of aryl methyl sites for hydroxylation is 1. The number of isothiocyanates is 1. The molecular formula is C11H13NS. The van der Waals surface area contributed by atoms with Crippen molar-refractivity contribution in [3.05, 3.63) is 29.3 Å². The fourth-order valence-corrected chi connectivity index (χ4v) is 1.44. The summed E-state index contributed by atoms with van der Waals surface area (Å²) >= 11 is 4.62. The van der Waals surface area contributed by atoms with E-state index in [2.05, 4.69) is 42.3 Å². The van der Waals surface area contributed by atoms with Gasteiger partial charge in [-0.3, -0.25) is 0 Å². The van der Waals surface area contributed by atoms with E-state index >= 15 is 0 Å². The van der Waals surface area contributed by atoms with Gasteiger partial charge < -0.3 is 0 Å². The second-order valence-electron chi connectivity index (χ2n) is 3.37. The molecule has 0 radical (unpaired) electrons. The van der Waals surface area contributed by atoms with Crippen LogP contribution in [-0.2, 0) is 0 Å². The van der Waals surface area contributed by atoms with Crippen molar-refractivity contribution < 1.29 is 0 Å². The van der Waals surface area contributed by atoms with Gasteiger partial charge in [-0.2, -0.15) is 4.99 Å². The number of aliphatic imine (C=N–C) groups is 1. The third kappa shape index (κ3) is 2.24. The molecule has 0 amide bonds. The summed E-state index contributed by atoms with van der Waals surface area (Å²) in [6.45, 7) is 6.34. The fourth-order valence-electron chi connectivity index (χ4n) is 1.35. The monoisotopic (exact) mass is 191 g/mol. The molecule has 0 spiro atoms. The molecule has 0 aliphatic carbocycles. The van der Waals surface area contributed by atoms with E-state index < -0.39 is 0 Å². The number of para-hydroxylation sites is 1. The summed E-state index contributed by atoms with van der Waals surface area (Å²) in [5.74, 6) is 0.474. The first-order valence-electron chi connectivity index (χ1n) is 4.34. The maximum atomic E-state index is 4.62. The van der Waals surface area contributed by atoms with Gasteiger partial charge in [0, 0.05) is 0 Å². The van der Waals surface area contributed by atoms with E-state index in [4.69, 9.17) is 0 Å². The summed E-state index contributed by atoms with van der Waals surface area (Å²) in [4.78, 5) is 4.09. The van der Waals surface area contributed by atoms with Crippen LogP contribution in [0.15, 0.2) is 23.2 Å². The SMILES string of the molecule is Cc1cccc(C(C)C)c1N=C=S. The van der Waals surface area contributed by atoms with Crippen LogP contribution >= 0.6 is 12.2 Å². The largest absolute Gasteiger partial charge is 0.194 e. The molecule has 0 bridgehead atoms. The van der Waals surface area contributed by atoms with Crippen LogP contribution in [0.2, 0.25) is 0 Å². The summed E-state index contributed by atoms with van der Waals surface area (Å²) in [5, 5.41) is 2.43. The Kier molecular flexibility index (Phi) is 3.35. The van der Waals surface area contributed by atoms with Crippen molar-refractivity contribution in [1.29, 1.82) is 0 Å². The highest BCUT2D eigenvalue weighted by Gasteiger charge is 2.06. The van der Waals surface area contributed by atoms with Gasteiger partial charge in [-0.05, 0) is 36.2 Å². The minimum Gasteiger partial charge on any atom is -0.194 e. The Morgan fingerprint density at radius 2 is 2.08 bits per heavy atom. The third-order valence-corrected chi connectivity index (χ3v) is 2.14. The lowest BCUT2D eigenvalue weighted by molar-refractivity contribution is 0.865. The van der Waals surface area contributed by atoms with Crippen LogP contribution in [0.5, 0.6) is 0 Å². The highest BCUT2D eigenvalue weighted by atomic mass is 32.1. The molecule has 0 unspecified atom stereocenters. The third-order valence-electron chi connectivity index (χ3n) is 2.05. The van der Waals surface area contributed by atoms with Crippen LogP contribution in [0, 0.1) is 6.92 Å². The summed E-state index contributed by atoms with van der Waals surface area (Å²) in [6.07, 6.45) is 0. The molecule has 0 aromatic heterocycles. The Balaban J connectivity index is 3.33. The van der Waals surface area contributed by atoms with Gasteiger partial charge >= 0.3 is 0 Å². The Morgan fingerprint density at radius 1 is 1.38 bits per heavy atom. The Bertz CT molecular complexity index is 349. The molecule has 0 saturated heterocycles. The number of hydrogen-bond donors (Lipinski definition) is 0. The van der Waals surface area contributed by atoms with Crippen LogP contribution in [0.25, 0.3) is 0 Å². The summed E-state index contributed by atoms with van der Waals surface area (Å²) in [6, 6.07) is 6.17. The molecule has 0 saturated carbocycles. The van der Waals surface area contributed by atoms with Crippen LogP contribution in [0.4, 0.5) is 5.69 Å². The van der Waals surface area contributed by atoms with Gasteiger partial charge in [-0.15, -0.1) is 0 Å². The molecular weight excluding hydrogens is 178 g/mol. The zero-order valence-electron chi connectivity index (χ0n) is 8.16. The van der Waals surface area contributed by atoms with Crippen LogP contribution in [0.3, 0.4) is 0 Å². The molecule has 0 fully saturated rings. The lowest BCUT2D eigenvalue weighted by Gasteiger charge is -2.09. The number of nitrogens with zero attached hydrogens (tertiary/aromatic N) is 1. The van der Waals surface area contributed by atoms with Crippen LogP contribution in [0.1, 0.15) is 30.9 Å². The predicted molar refractivity (Wildman–Crippen MR) is 60.0 cm³/mol. The van der Waals surface area contributed by atoms with Crippen LogP contribution in [-0.4, -0.2) is 5.16 Å². The topological polar surface area (TPSA) is 12.4 Å². The van der Waals surface area contributed by atoms with E-state index in [1.807, 2.05) is 19.1 Å². The molecule has 0 atom stereocenters. The van der Waals surface area contributed by atoms with Gasteiger partial charge in [0.25, 0.3) is 0 Å². The molecule has 0 heterocycles. The zero-order valence-corrected chi connectivity index (χ0v) is 8.98. The van der Waals surface area contributed by atoms with Crippen molar-refractivity contribution in [3.8, 4) is 0 Å². The minimum atomic E-state index is 0.474. The molecule has 2 heteroatoms. The molecule has 1 aromatic carbocycles. The van der Waals surface area contributed by atoms with Crippen molar-refractivity contribution in [1.82, 2.24) is 0 Å². The highest BCUT2D eigenvalue weighted by molar-refractivity contribution is 7.78. The van der Waals surface area contributed by atoms with Crippen LogP contribution < -0.4 is 0 Å². The van der Waals surface area contributed by atoms with Crippen molar-refractivity contribution in [2.75, 3.05) is 0 Å². The van der Waals surface area contributed by atoms with E-state index in [0.717, 1.165) is 11.3 Å².